The molecule has 3 heterocycles. The molecule has 0 radical (unpaired) electrons. The molecule has 1 aliphatic rings. The highest BCUT2D eigenvalue weighted by atomic mass is 15.2. The third-order valence-corrected chi connectivity index (χ3v) is 4.58. The van der Waals surface area contributed by atoms with Crippen LogP contribution in [0.3, 0.4) is 0 Å². The van der Waals surface area contributed by atoms with Gasteiger partial charge in [0.15, 0.2) is 0 Å². The molecule has 140 valence electrons. The van der Waals surface area contributed by atoms with E-state index in [0.29, 0.717) is 0 Å². The van der Waals surface area contributed by atoms with E-state index < -0.39 is 0 Å². The quantitative estimate of drug-likeness (QED) is 0.765. The molecule has 2 aromatic heterocycles. The van der Waals surface area contributed by atoms with Gasteiger partial charge in [0.1, 0.15) is 0 Å². The highest BCUT2D eigenvalue weighted by Crippen LogP contribution is 2.17. The molecule has 6 heteroatoms. The summed E-state index contributed by atoms with van der Waals surface area (Å²) in [6.45, 7) is 11.2. The van der Waals surface area contributed by atoms with Gasteiger partial charge in [-0.05, 0) is 42.3 Å². The minimum absolute atomic E-state index is 0.933. The molecule has 26 heavy (non-hydrogen) atoms. The number of nitrogens with zero attached hydrogens (tertiary/aromatic N) is 3. The first-order valence-electron chi connectivity index (χ1n) is 9.54. The third-order valence-electron chi connectivity index (χ3n) is 4.58. The molecule has 3 rings (SSSR count). The van der Waals surface area contributed by atoms with Crippen molar-refractivity contribution in [1.82, 2.24) is 30.8 Å². The number of aryl methyl sites for hydroxylation is 1. The first-order valence-corrected chi connectivity index (χ1v) is 9.54. The molecule has 2 aromatic rings. The zero-order valence-electron chi connectivity index (χ0n) is 15.7. The number of hydrogen-bond acceptors (Lipinski definition) is 6. The number of aromatic nitrogens is 2. The smallest absolute Gasteiger partial charge is 0.0889 e. The molecule has 1 saturated heterocycles. The number of pyridine rings is 2. The molecule has 0 saturated carbocycles. The Hall–Kier alpha value is -1.86. The van der Waals surface area contributed by atoms with E-state index in [1.807, 2.05) is 18.5 Å². The summed E-state index contributed by atoms with van der Waals surface area (Å²) < 4.78 is 0. The lowest BCUT2D eigenvalue weighted by Gasteiger charge is -2.24. The van der Waals surface area contributed by atoms with Gasteiger partial charge in [-0.15, -0.1) is 0 Å². The summed E-state index contributed by atoms with van der Waals surface area (Å²) in [5.41, 5.74) is 4.38. The summed E-state index contributed by atoms with van der Waals surface area (Å²) in [5.74, 6) is 0. The van der Waals surface area contributed by atoms with E-state index >= 15 is 0 Å². The zero-order valence-corrected chi connectivity index (χ0v) is 15.7. The maximum atomic E-state index is 4.51. The molecule has 6 nitrogen and oxygen atoms in total. The average molecular weight is 355 g/mol. The van der Waals surface area contributed by atoms with Crippen molar-refractivity contribution in [3.05, 3.63) is 47.8 Å². The maximum absolute atomic E-state index is 4.51. The van der Waals surface area contributed by atoms with Gasteiger partial charge < -0.3 is 16.0 Å². The molecule has 0 amide bonds. The van der Waals surface area contributed by atoms with Crippen LogP contribution in [0.1, 0.15) is 11.1 Å². The summed E-state index contributed by atoms with van der Waals surface area (Å²) in [5, 5.41) is 10.5. The lowest BCUT2D eigenvalue weighted by molar-refractivity contribution is 0.263. The second-order valence-electron chi connectivity index (χ2n) is 6.79. The minimum atomic E-state index is 0.933. The van der Waals surface area contributed by atoms with Gasteiger partial charge in [0.25, 0.3) is 0 Å². The Morgan fingerprint density at radius 3 is 2.04 bits per heavy atom. The van der Waals surface area contributed by atoms with Crippen LogP contribution in [0.5, 0.6) is 0 Å². The minimum Gasteiger partial charge on any atom is -0.314 e. The maximum Gasteiger partial charge on any atom is 0.0889 e. The Labute approximate surface area is 156 Å². The fraction of sp³-hybridized carbons (Fsp3) is 0.500. The van der Waals surface area contributed by atoms with Crippen LogP contribution in [0.25, 0.3) is 11.4 Å². The summed E-state index contributed by atoms with van der Waals surface area (Å²) in [6, 6.07) is 8.38. The van der Waals surface area contributed by atoms with Crippen molar-refractivity contribution in [3.8, 4) is 11.4 Å². The van der Waals surface area contributed by atoms with Crippen molar-refractivity contribution < 1.29 is 0 Å². The normalized spacial score (nSPS) is 18.0. The van der Waals surface area contributed by atoms with Gasteiger partial charge in [0, 0.05) is 71.3 Å². The second-order valence-corrected chi connectivity index (χ2v) is 6.79. The van der Waals surface area contributed by atoms with Crippen LogP contribution in [0.2, 0.25) is 0 Å². The van der Waals surface area contributed by atoms with Gasteiger partial charge in [-0.2, -0.15) is 0 Å². The monoisotopic (exact) mass is 354 g/mol. The van der Waals surface area contributed by atoms with Crippen LogP contribution < -0.4 is 16.0 Å². The molecule has 1 aliphatic heterocycles. The lowest BCUT2D eigenvalue weighted by atomic mass is 10.1. The van der Waals surface area contributed by atoms with E-state index in [1.165, 1.54) is 11.1 Å². The largest absolute Gasteiger partial charge is 0.314 e. The Bertz CT molecular complexity index is 663. The Morgan fingerprint density at radius 1 is 0.808 bits per heavy atom. The third kappa shape index (κ3) is 6.14. The van der Waals surface area contributed by atoms with Crippen molar-refractivity contribution >= 4 is 0 Å². The Morgan fingerprint density at radius 2 is 1.38 bits per heavy atom. The highest BCUT2D eigenvalue weighted by Gasteiger charge is 2.09. The summed E-state index contributed by atoms with van der Waals surface area (Å²) in [6.07, 6.45) is 3.74. The molecular formula is C20H30N6. The predicted octanol–water partition coefficient (Wildman–Crippen LogP) is 1.04. The summed E-state index contributed by atoms with van der Waals surface area (Å²) in [7, 11) is 0. The van der Waals surface area contributed by atoms with Crippen LogP contribution in [0.15, 0.2) is 36.7 Å². The van der Waals surface area contributed by atoms with Gasteiger partial charge >= 0.3 is 0 Å². The van der Waals surface area contributed by atoms with Crippen LogP contribution in [-0.2, 0) is 6.54 Å². The first kappa shape index (κ1) is 18.9. The average Bonchev–Trinajstić information content (AvgIpc) is 2.64. The lowest BCUT2D eigenvalue weighted by Crippen LogP contribution is -2.41. The number of rotatable bonds is 3. The van der Waals surface area contributed by atoms with Gasteiger partial charge in [-0.1, -0.05) is 0 Å². The molecule has 3 N–H and O–H groups in total. The van der Waals surface area contributed by atoms with Crippen LogP contribution in [0, 0.1) is 6.92 Å². The topological polar surface area (TPSA) is 65.1 Å². The van der Waals surface area contributed by atoms with Gasteiger partial charge in [-0.3, -0.25) is 14.9 Å². The Balaban J connectivity index is 1.64. The number of nitrogens with one attached hydrogen (secondary N) is 3. The van der Waals surface area contributed by atoms with Crippen molar-refractivity contribution in [2.24, 2.45) is 0 Å². The standard InChI is InChI=1S/C20H30N6/c1-17-2-4-24-19(14-17)20-15-18(3-5-25-20)16-26-12-10-22-8-6-21-7-9-23-11-13-26/h2-5,14-15,21-23H,6-13,16H2,1H3. The molecule has 1 fully saturated rings. The molecule has 0 aromatic carbocycles. The van der Waals surface area contributed by atoms with Crippen LogP contribution >= 0.6 is 0 Å². The molecular weight excluding hydrogens is 324 g/mol. The molecule has 0 bridgehead atoms. The van der Waals surface area contributed by atoms with Crippen molar-refractivity contribution in [3.63, 3.8) is 0 Å². The van der Waals surface area contributed by atoms with Gasteiger partial charge in [0.2, 0.25) is 0 Å². The summed E-state index contributed by atoms with van der Waals surface area (Å²) >= 11 is 0. The Kier molecular flexibility index (Phi) is 7.51. The molecule has 0 atom stereocenters. The summed E-state index contributed by atoms with van der Waals surface area (Å²) in [4.78, 5) is 11.5. The predicted molar refractivity (Wildman–Crippen MR) is 106 cm³/mol. The SMILES string of the molecule is Cc1ccnc(-c2cc(CN3CCNCCNCCNCC3)ccn2)c1. The van der Waals surface area contributed by atoms with E-state index in [1.54, 1.807) is 0 Å². The molecule has 0 unspecified atom stereocenters. The van der Waals surface area contributed by atoms with E-state index in [9.17, 15) is 0 Å². The fourth-order valence-electron chi connectivity index (χ4n) is 3.12. The van der Waals surface area contributed by atoms with E-state index in [4.69, 9.17) is 0 Å². The van der Waals surface area contributed by atoms with E-state index in [0.717, 1.165) is 70.3 Å². The van der Waals surface area contributed by atoms with Crippen molar-refractivity contribution in [2.45, 2.75) is 13.5 Å². The highest BCUT2D eigenvalue weighted by molar-refractivity contribution is 5.55. The van der Waals surface area contributed by atoms with E-state index in [2.05, 4.69) is 55.9 Å². The van der Waals surface area contributed by atoms with Gasteiger partial charge in [-0.25, -0.2) is 0 Å². The number of hydrogen-bond donors (Lipinski definition) is 3. The van der Waals surface area contributed by atoms with Crippen molar-refractivity contribution in [2.75, 3.05) is 52.4 Å². The molecule has 0 aliphatic carbocycles. The zero-order chi connectivity index (χ0) is 18.0. The van der Waals surface area contributed by atoms with Crippen molar-refractivity contribution in [1.29, 1.82) is 0 Å². The van der Waals surface area contributed by atoms with Gasteiger partial charge in [0.05, 0.1) is 11.4 Å². The molecule has 0 spiro atoms. The fourth-order valence-corrected chi connectivity index (χ4v) is 3.12. The van der Waals surface area contributed by atoms with Crippen LogP contribution in [-0.4, -0.2) is 67.2 Å². The van der Waals surface area contributed by atoms with E-state index in [-0.39, 0.29) is 0 Å². The first-order chi connectivity index (χ1) is 12.8. The van der Waals surface area contributed by atoms with Crippen LogP contribution in [0.4, 0.5) is 0 Å². The second kappa shape index (κ2) is 10.3.